The van der Waals surface area contributed by atoms with Gasteiger partial charge in [0.15, 0.2) is 11.2 Å². The number of unbranched alkanes of at least 4 members (excludes halogenated alkanes) is 1. The summed E-state index contributed by atoms with van der Waals surface area (Å²) in [5, 5.41) is 10.5. The van der Waals surface area contributed by atoms with Crippen LogP contribution >= 0.6 is 0 Å². The second kappa shape index (κ2) is 7.98. The number of aromatic nitrogens is 4. The van der Waals surface area contributed by atoms with Crippen molar-refractivity contribution in [3.05, 3.63) is 45.1 Å². The van der Waals surface area contributed by atoms with Crippen molar-refractivity contribution in [2.24, 2.45) is 7.05 Å². The number of hydrogen-bond acceptors (Lipinski definition) is 6. The van der Waals surface area contributed by atoms with Crippen molar-refractivity contribution in [1.29, 1.82) is 0 Å². The maximum atomic E-state index is 13.2. The Hall–Kier alpha value is -3.07. The zero-order valence-electron chi connectivity index (χ0n) is 17.5. The van der Waals surface area contributed by atoms with Gasteiger partial charge in [-0.3, -0.25) is 13.9 Å². The number of anilines is 2. The van der Waals surface area contributed by atoms with Gasteiger partial charge in [-0.05, 0) is 37.6 Å². The van der Waals surface area contributed by atoms with E-state index in [0.29, 0.717) is 36.8 Å². The van der Waals surface area contributed by atoms with E-state index in [0.717, 1.165) is 24.3 Å². The van der Waals surface area contributed by atoms with Gasteiger partial charge in [-0.1, -0.05) is 13.3 Å². The van der Waals surface area contributed by atoms with Crippen molar-refractivity contribution >= 4 is 22.8 Å². The Kier molecular flexibility index (Phi) is 5.38. The molecule has 1 unspecified atom stereocenters. The van der Waals surface area contributed by atoms with E-state index in [2.05, 4.69) is 4.98 Å². The van der Waals surface area contributed by atoms with Gasteiger partial charge in [-0.25, -0.2) is 4.79 Å². The smallest absolute Gasteiger partial charge is 0.332 e. The second-order valence-corrected chi connectivity index (χ2v) is 7.54. The Balaban J connectivity index is 1.88. The van der Waals surface area contributed by atoms with E-state index in [9.17, 15) is 14.7 Å². The van der Waals surface area contributed by atoms with Crippen LogP contribution in [0.1, 0.15) is 26.7 Å². The predicted molar refractivity (Wildman–Crippen MR) is 115 cm³/mol. The molecule has 1 atom stereocenters. The largest absolute Gasteiger partial charge is 0.494 e. The van der Waals surface area contributed by atoms with E-state index < -0.39 is 6.10 Å². The molecule has 0 spiro atoms. The first-order valence-corrected chi connectivity index (χ1v) is 10.3. The SMILES string of the molecule is CCCCn1c(=O)c2c(nc3n2CC(O)CN3c2ccc(OCC)cc2)n(C)c1=O. The quantitative estimate of drug-likeness (QED) is 0.660. The third kappa shape index (κ3) is 3.28. The number of aryl methyl sites for hydroxylation is 1. The number of benzene rings is 1. The van der Waals surface area contributed by atoms with Crippen LogP contribution in [-0.2, 0) is 20.1 Å². The summed E-state index contributed by atoms with van der Waals surface area (Å²) in [4.78, 5) is 32.4. The molecule has 0 radical (unpaired) electrons. The topological polar surface area (TPSA) is 94.5 Å². The lowest BCUT2D eigenvalue weighted by atomic mass is 10.2. The maximum Gasteiger partial charge on any atom is 0.332 e. The molecule has 0 amide bonds. The van der Waals surface area contributed by atoms with E-state index in [1.807, 2.05) is 43.0 Å². The predicted octanol–water partition coefficient (Wildman–Crippen LogP) is 1.61. The summed E-state index contributed by atoms with van der Waals surface area (Å²) in [6.07, 6.45) is 0.938. The van der Waals surface area contributed by atoms with Crippen LogP contribution in [-0.4, -0.2) is 43.0 Å². The number of rotatable bonds is 6. The molecule has 1 aliphatic heterocycles. The summed E-state index contributed by atoms with van der Waals surface area (Å²) in [5.74, 6) is 1.30. The normalized spacial score (nSPS) is 16.1. The number of fused-ring (bicyclic) bond motifs is 3. The van der Waals surface area contributed by atoms with Gasteiger partial charge in [0.05, 0.1) is 25.8 Å². The lowest BCUT2D eigenvalue weighted by Crippen LogP contribution is -2.41. The first kappa shape index (κ1) is 20.2. The lowest BCUT2D eigenvalue weighted by Gasteiger charge is -2.32. The van der Waals surface area contributed by atoms with Crippen molar-refractivity contribution in [3.8, 4) is 5.75 Å². The van der Waals surface area contributed by atoms with E-state index in [-0.39, 0.29) is 17.8 Å². The Morgan fingerprint density at radius 2 is 1.90 bits per heavy atom. The van der Waals surface area contributed by atoms with Gasteiger partial charge in [-0.15, -0.1) is 0 Å². The fourth-order valence-electron chi connectivity index (χ4n) is 3.92. The molecule has 9 heteroatoms. The van der Waals surface area contributed by atoms with Crippen LogP contribution in [0.15, 0.2) is 33.9 Å². The van der Waals surface area contributed by atoms with Gasteiger partial charge in [0.1, 0.15) is 5.75 Å². The van der Waals surface area contributed by atoms with E-state index in [1.54, 1.807) is 11.6 Å². The van der Waals surface area contributed by atoms with Gasteiger partial charge in [0.2, 0.25) is 5.95 Å². The minimum atomic E-state index is -0.679. The van der Waals surface area contributed by atoms with Crippen molar-refractivity contribution in [2.45, 2.75) is 45.9 Å². The lowest BCUT2D eigenvalue weighted by molar-refractivity contribution is 0.154. The molecule has 4 rings (SSSR count). The number of aliphatic hydroxyl groups is 1. The number of ether oxygens (including phenoxy) is 1. The molecule has 0 bridgehead atoms. The van der Waals surface area contributed by atoms with Crippen LogP contribution < -0.4 is 20.9 Å². The van der Waals surface area contributed by atoms with Crippen molar-refractivity contribution in [2.75, 3.05) is 18.1 Å². The Morgan fingerprint density at radius 1 is 1.17 bits per heavy atom. The fraction of sp³-hybridized carbons (Fsp3) is 0.476. The third-order valence-corrected chi connectivity index (χ3v) is 5.44. The minimum absolute atomic E-state index is 0.251. The summed E-state index contributed by atoms with van der Waals surface area (Å²) in [6.45, 7) is 5.48. The molecule has 1 aliphatic rings. The molecule has 9 nitrogen and oxygen atoms in total. The van der Waals surface area contributed by atoms with Gasteiger partial charge < -0.3 is 19.3 Å². The average Bonchev–Trinajstić information content (AvgIpc) is 3.12. The minimum Gasteiger partial charge on any atom is -0.494 e. The Labute approximate surface area is 173 Å². The molecular weight excluding hydrogens is 386 g/mol. The van der Waals surface area contributed by atoms with Gasteiger partial charge in [0, 0.05) is 19.3 Å². The van der Waals surface area contributed by atoms with Crippen LogP contribution in [0.5, 0.6) is 5.75 Å². The zero-order valence-corrected chi connectivity index (χ0v) is 17.5. The van der Waals surface area contributed by atoms with Crippen LogP contribution in [0.3, 0.4) is 0 Å². The van der Waals surface area contributed by atoms with E-state index in [1.165, 1.54) is 9.13 Å². The fourth-order valence-corrected chi connectivity index (χ4v) is 3.92. The molecular formula is C21H27N5O4. The first-order valence-electron chi connectivity index (χ1n) is 10.3. The maximum absolute atomic E-state index is 13.2. The molecule has 0 saturated heterocycles. The Bertz CT molecular complexity index is 1180. The monoisotopic (exact) mass is 413 g/mol. The number of hydrogen-bond donors (Lipinski definition) is 1. The molecule has 0 fully saturated rings. The number of nitrogens with zero attached hydrogens (tertiary/aromatic N) is 5. The van der Waals surface area contributed by atoms with Crippen LogP contribution in [0.2, 0.25) is 0 Å². The third-order valence-electron chi connectivity index (χ3n) is 5.44. The number of aliphatic hydroxyl groups excluding tert-OH is 1. The van der Waals surface area contributed by atoms with Crippen LogP contribution in [0.4, 0.5) is 11.6 Å². The Morgan fingerprint density at radius 3 is 2.57 bits per heavy atom. The highest BCUT2D eigenvalue weighted by atomic mass is 16.5. The van der Waals surface area contributed by atoms with Gasteiger partial charge in [-0.2, -0.15) is 4.98 Å². The summed E-state index contributed by atoms with van der Waals surface area (Å²) in [6, 6.07) is 7.51. The molecule has 0 saturated carbocycles. The molecule has 160 valence electrons. The summed E-state index contributed by atoms with van der Waals surface area (Å²) in [5.41, 5.74) is 0.770. The molecule has 0 aliphatic carbocycles. The molecule has 1 N–H and O–H groups in total. The van der Waals surface area contributed by atoms with Crippen molar-refractivity contribution < 1.29 is 9.84 Å². The van der Waals surface area contributed by atoms with E-state index >= 15 is 0 Å². The molecule has 2 aromatic heterocycles. The summed E-state index contributed by atoms with van der Waals surface area (Å²) >= 11 is 0. The summed E-state index contributed by atoms with van der Waals surface area (Å²) in [7, 11) is 1.63. The highest BCUT2D eigenvalue weighted by Crippen LogP contribution is 2.32. The molecule has 30 heavy (non-hydrogen) atoms. The number of β-amino-alcohol motifs (C(OH)–C–C–N with tert-alkyl or cyclic N) is 1. The standard InChI is InChI=1S/C21H27N5O4/c1-4-6-11-24-19(28)17-18(23(3)21(24)29)22-20-25(12-15(27)13-26(17)20)14-7-9-16(10-8-14)30-5-2/h7-10,15,27H,4-6,11-13H2,1-3H3. The van der Waals surface area contributed by atoms with E-state index in [4.69, 9.17) is 4.74 Å². The number of imidazole rings is 1. The van der Waals surface area contributed by atoms with Gasteiger partial charge >= 0.3 is 5.69 Å². The van der Waals surface area contributed by atoms with Gasteiger partial charge in [0.25, 0.3) is 5.56 Å². The molecule has 3 heterocycles. The highest BCUT2D eigenvalue weighted by molar-refractivity contribution is 5.77. The van der Waals surface area contributed by atoms with Crippen molar-refractivity contribution in [1.82, 2.24) is 18.7 Å². The summed E-state index contributed by atoms with van der Waals surface area (Å²) < 4.78 is 9.92. The first-order chi connectivity index (χ1) is 14.5. The molecule has 1 aromatic carbocycles. The van der Waals surface area contributed by atoms with Crippen LogP contribution in [0.25, 0.3) is 11.2 Å². The molecule has 3 aromatic rings. The zero-order chi connectivity index (χ0) is 21.4. The average molecular weight is 413 g/mol. The van der Waals surface area contributed by atoms with Crippen LogP contribution in [0, 0.1) is 0 Å². The highest BCUT2D eigenvalue weighted by Gasteiger charge is 2.30. The van der Waals surface area contributed by atoms with Crippen molar-refractivity contribution in [3.63, 3.8) is 0 Å². The second-order valence-electron chi connectivity index (χ2n) is 7.54.